The lowest BCUT2D eigenvalue weighted by molar-refractivity contribution is -0.147. The summed E-state index contributed by atoms with van der Waals surface area (Å²) in [6, 6.07) is 7.75. The van der Waals surface area contributed by atoms with Crippen LogP contribution in [-0.4, -0.2) is 50.0 Å². The number of hydrogen-bond donors (Lipinski definition) is 2. The lowest BCUT2D eigenvalue weighted by Crippen LogP contribution is -2.40. The van der Waals surface area contributed by atoms with Crippen molar-refractivity contribution < 1.29 is 14.3 Å². The van der Waals surface area contributed by atoms with Crippen LogP contribution >= 0.6 is 0 Å². The number of imide groups is 1. The molecule has 1 aromatic rings. The summed E-state index contributed by atoms with van der Waals surface area (Å²) in [6.07, 6.45) is 1.54. The van der Waals surface area contributed by atoms with Gasteiger partial charge in [0.25, 0.3) is 0 Å². The molecule has 0 atom stereocenters. The summed E-state index contributed by atoms with van der Waals surface area (Å²) in [7, 11) is 1.65. The topological polar surface area (TPSA) is 70.7 Å². The van der Waals surface area contributed by atoms with Gasteiger partial charge in [-0.15, -0.1) is 0 Å². The number of piperidine rings is 1. The molecule has 1 aliphatic heterocycles. The Hall–Kier alpha value is -2.52. The molecule has 2 N–H and O–H groups in total. The number of nitrogens with one attached hydrogen (secondary N) is 2. The van der Waals surface area contributed by atoms with Crippen LogP contribution in [0.1, 0.15) is 19.3 Å². The Bertz CT molecular complexity index is 618. The number of methoxy groups -OCH3 is 1. The van der Waals surface area contributed by atoms with E-state index in [9.17, 15) is 9.59 Å². The average molecular weight is 329 g/mol. The van der Waals surface area contributed by atoms with Crippen LogP contribution in [0.15, 0.2) is 24.3 Å². The molecule has 1 fully saturated rings. The van der Waals surface area contributed by atoms with Crippen LogP contribution in [0.2, 0.25) is 0 Å². The molecule has 0 radical (unpaired) electrons. The largest absolute Gasteiger partial charge is 0.495 e. The number of para-hydroxylation sites is 2. The van der Waals surface area contributed by atoms with Crippen molar-refractivity contribution in [2.45, 2.75) is 19.3 Å². The van der Waals surface area contributed by atoms with E-state index in [1.807, 2.05) is 24.3 Å². The van der Waals surface area contributed by atoms with Gasteiger partial charge in [-0.05, 0) is 18.6 Å². The number of carbonyl (C=O) groups is 2. The maximum absolute atomic E-state index is 11.6. The number of likely N-dealkylation sites (tertiary alicyclic amines) is 1. The van der Waals surface area contributed by atoms with Gasteiger partial charge in [0.15, 0.2) is 0 Å². The first-order valence-electron chi connectivity index (χ1n) is 8.09. The smallest absolute Gasteiger partial charge is 0.230 e. The van der Waals surface area contributed by atoms with Crippen LogP contribution in [0, 0.1) is 11.8 Å². The van der Waals surface area contributed by atoms with Gasteiger partial charge in [0.2, 0.25) is 11.8 Å². The molecule has 6 heteroatoms. The molecule has 0 bridgehead atoms. The highest BCUT2D eigenvalue weighted by Gasteiger charge is 2.24. The maximum atomic E-state index is 11.6. The highest BCUT2D eigenvalue weighted by Crippen LogP contribution is 2.22. The molecule has 0 spiro atoms. The predicted molar refractivity (Wildman–Crippen MR) is 92.7 cm³/mol. The zero-order chi connectivity index (χ0) is 17.2. The van der Waals surface area contributed by atoms with Gasteiger partial charge >= 0.3 is 0 Å². The molecule has 0 aromatic heterocycles. The summed E-state index contributed by atoms with van der Waals surface area (Å²) in [5.41, 5.74) is 0.954. The number of benzene rings is 1. The monoisotopic (exact) mass is 329 g/mol. The SMILES string of the molecule is COc1ccccc1NCCNCC#CCN1C(=O)CCCC1=O. The zero-order valence-electron chi connectivity index (χ0n) is 13.9. The molecule has 128 valence electrons. The number of hydrogen-bond acceptors (Lipinski definition) is 5. The predicted octanol–water partition coefficient (Wildman–Crippen LogP) is 1.24. The van der Waals surface area contributed by atoms with E-state index < -0.39 is 0 Å². The number of nitrogens with zero attached hydrogens (tertiary/aromatic N) is 1. The fraction of sp³-hybridized carbons (Fsp3) is 0.444. The van der Waals surface area contributed by atoms with Crippen molar-refractivity contribution in [1.82, 2.24) is 10.2 Å². The van der Waals surface area contributed by atoms with Crippen LogP contribution in [0.4, 0.5) is 5.69 Å². The molecule has 0 aliphatic carbocycles. The number of carbonyl (C=O) groups excluding carboxylic acids is 2. The molecule has 0 unspecified atom stereocenters. The van der Waals surface area contributed by atoms with Gasteiger partial charge in [0.05, 0.1) is 25.9 Å². The summed E-state index contributed by atoms with van der Waals surface area (Å²) in [5, 5.41) is 6.47. The van der Waals surface area contributed by atoms with Gasteiger partial charge in [-0.1, -0.05) is 24.0 Å². The highest BCUT2D eigenvalue weighted by molar-refractivity contribution is 5.97. The minimum atomic E-state index is -0.116. The van der Waals surface area contributed by atoms with Crippen LogP contribution in [-0.2, 0) is 9.59 Å². The normalized spacial score (nSPS) is 14.1. The first kappa shape index (κ1) is 17.8. The molecule has 1 aliphatic rings. The van der Waals surface area contributed by atoms with Crippen molar-refractivity contribution in [2.75, 3.05) is 38.6 Å². The fourth-order valence-electron chi connectivity index (χ4n) is 2.40. The molecule has 1 aromatic carbocycles. The Balaban J connectivity index is 1.62. The Morgan fingerprint density at radius 2 is 1.88 bits per heavy atom. The molecule has 1 saturated heterocycles. The number of amides is 2. The van der Waals surface area contributed by atoms with E-state index in [0.29, 0.717) is 25.8 Å². The molecule has 0 saturated carbocycles. The van der Waals surface area contributed by atoms with Crippen LogP contribution in [0.25, 0.3) is 0 Å². The van der Waals surface area contributed by atoms with E-state index in [1.165, 1.54) is 4.90 Å². The van der Waals surface area contributed by atoms with E-state index >= 15 is 0 Å². The van der Waals surface area contributed by atoms with E-state index in [1.54, 1.807) is 7.11 Å². The minimum Gasteiger partial charge on any atom is -0.495 e. The standard InChI is InChI=1S/C18H23N3O3/c1-24-16-8-3-2-7-15(16)20-13-12-19-11-4-5-14-21-17(22)9-6-10-18(21)23/h2-3,7-8,19-20H,6,9-14H2,1H3. The Morgan fingerprint density at radius 3 is 2.62 bits per heavy atom. The van der Waals surface area contributed by atoms with Crippen LogP contribution < -0.4 is 15.4 Å². The third-order valence-corrected chi connectivity index (χ3v) is 3.68. The van der Waals surface area contributed by atoms with Gasteiger partial charge < -0.3 is 15.4 Å². The number of ether oxygens (including phenoxy) is 1. The highest BCUT2D eigenvalue weighted by atomic mass is 16.5. The van der Waals surface area contributed by atoms with Crippen LogP contribution in [0.3, 0.4) is 0 Å². The molecular formula is C18H23N3O3. The van der Waals surface area contributed by atoms with Crippen molar-refractivity contribution >= 4 is 17.5 Å². The van der Waals surface area contributed by atoms with Gasteiger partial charge in [0.1, 0.15) is 5.75 Å². The Morgan fingerprint density at radius 1 is 1.12 bits per heavy atom. The van der Waals surface area contributed by atoms with Gasteiger partial charge in [-0.2, -0.15) is 0 Å². The van der Waals surface area contributed by atoms with E-state index in [-0.39, 0.29) is 18.4 Å². The van der Waals surface area contributed by atoms with Gasteiger partial charge in [-0.3, -0.25) is 14.5 Å². The zero-order valence-corrected chi connectivity index (χ0v) is 13.9. The van der Waals surface area contributed by atoms with E-state index in [2.05, 4.69) is 22.5 Å². The summed E-state index contributed by atoms with van der Waals surface area (Å²) >= 11 is 0. The quantitative estimate of drug-likeness (QED) is 0.447. The minimum absolute atomic E-state index is 0.116. The number of rotatable bonds is 7. The number of anilines is 1. The first-order valence-corrected chi connectivity index (χ1v) is 8.09. The van der Waals surface area contributed by atoms with Crippen molar-refractivity contribution in [3.8, 4) is 17.6 Å². The lowest BCUT2D eigenvalue weighted by atomic mass is 10.1. The van der Waals surface area contributed by atoms with Crippen LogP contribution in [0.5, 0.6) is 5.75 Å². The molecule has 2 rings (SSSR count). The molecule has 1 heterocycles. The third kappa shape index (κ3) is 5.28. The van der Waals surface area contributed by atoms with E-state index in [4.69, 9.17) is 4.74 Å². The lowest BCUT2D eigenvalue weighted by Gasteiger charge is -2.22. The van der Waals surface area contributed by atoms with Crippen molar-refractivity contribution in [3.63, 3.8) is 0 Å². The third-order valence-electron chi connectivity index (χ3n) is 3.68. The Kier molecular flexibility index (Phi) is 7.12. The van der Waals surface area contributed by atoms with Crippen molar-refractivity contribution in [1.29, 1.82) is 0 Å². The Labute approximate surface area is 142 Å². The van der Waals surface area contributed by atoms with Gasteiger partial charge in [0, 0.05) is 25.9 Å². The summed E-state index contributed by atoms with van der Waals surface area (Å²) < 4.78 is 5.27. The second kappa shape index (κ2) is 9.58. The first-order chi connectivity index (χ1) is 11.7. The molecule has 24 heavy (non-hydrogen) atoms. The summed E-state index contributed by atoms with van der Waals surface area (Å²) in [5.74, 6) is 6.39. The van der Waals surface area contributed by atoms with Crippen molar-refractivity contribution in [2.24, 2.45) is 0 Å². The fourth-order valence-corrected chi connectivity index (χ4v) is 2.40. The molecule has 2 amide bonds. The van der Waals surface area contributed by atoms with Gasteiger partial charge in [-0.25, -0.2) is 0 Å². The summed E-state index contributed by atoms with van der Waals surface area (Å²) in [6.45, 7) is 2.20. The average Bonchev–Trinajstić information content (AvgIpc) is 2.59. The molecule has 6 nitrogen and oxygen atoms in total. The molecular weight excluding hydrogens is 306 g/mol. The van der Waals surface area contributed by atoms with Crippen molar-refractivity contribution in [3.05, 3.63) is 24.3 Å². The summed E-state index contributed by atoms with van der Waals surface area (Å²) in [4.78, 5) is 24.4. The van der Waals surface area contributed by atoms with E-state index in [0.717, 1.165) is 24.5 Å². The second-order valence-corrected chi connectivity index (χ2v) is 5.38. The maximum Gasteiger partial charge on any atom is 0.230 e. The second-order valence-electron chi connectivity index (χ2n) is 5.38.